The van der Waals surface area contributed by atoms with Crippen molar-refractivity contribution in [1.82, 2.24) is 0 Å². The first-order chi connectivity index (χ1) is 6.27. The van der Waals surface area contributed by atoms with Gasteiger partial charge in [-0.05, 0) is 18.2 Å². The summed E-state index contributed by atoms with van der Waals surface area (Å²) in [5, 5.41) is 8.46. The Morgan fingerprint density at radius 3 is 2.77 bits per heavy atom. The van der Waals surface area contributed by atoms with Crippen LogP contribution in [0.3, 0.4) is 0 Å². The highest BCUT2D eigenvalue weighted by Gasteiger charge is 1.99. The van der Waals surface area contributed by atoms with Crippen LogP contribution in [-0.4, -0.2) is 5.75 Å². The molecule has 1 nitrogen and oxygen atoms in total. The monoisotopic (exact) mass is 191 g/mol. The average molecular weight is 191 g/mol. The fourth-order valence-electron chi connectivity index (χ4n) is 0.821. The van der Waals surface area contributed by atoms with E-state index in [-0.39, 0.29) is 0 Å². The Morgan fingerprint density at radius 1 is 1.46 bits per heavy atom. The molecule has 1 rings (SSSR count). The normalized spacial score (nSPS) is 8.38. The minimum Gasteiger partial charge on any atom is -0.206 e. The van der Waals surface area contributed by atoms with Crippen molar-refractivity contribution in [3.63, 3.8) is 0 Å². The van der Waals surface area contributed by atoms with Crippen molar-refractivity contribution in [2.45, 2.75) is 0 Å². The molecule has 0 N–H and O–H groups in total. The Bertz CT molecular complexity index is 409. The Hall–Kier alpha value is -1.45. The summed E-state index contributed by atoms with van der Waals surface area (Å²) in [5.41, 5.74) is 0.599. The number of nitriles is 1. The van der Waals surface area contributed by atoms with E-state index in [4.69, 9.17) is 5.26 Å². The topological polar surface area (TPSA) is 23.8 Å². The molecule has 0 bridgehead atoms. The van der Waals surface area contributed by atoms with Crippen molar-refractivity contribution in [2.24, 2.45) is 0 Å². The van der Waals surface area contributed by atoms with Crippen molar-refractivity contribution in [2.75, 3.05) is 5.75 Å². The molecule has 0 saturated heterocycles. The van der Waals surface area contributed by atoms with E-state index >= 15 is 0 Å². The highest BCUT2D eigenvalue weighted by atomic mass is 32.1. The van der Waals surface area contributed by atoms with Crippen molar-refractivity contribution in [1.29, 1.82) is 5.26 Å². The molecule has 1 aromatic rings. The minimum atomic E-state index is -0.465. The van der Waals surface area contributed by atoms with E-state index in [9.17, 15) is 4.39 Å². The van der Waals surface area contributed by atoms with Crippen LogP contribution >= 0.6 is 12.6 Å². The van der Waals surface area contributed by atoms with Gasteiger partial charge in [0.05, 0.1) is 22.9 Å². The molecule has 0 saturated carbocycles. The molecule has 0 aliphatic rings. The smallest absolute Gasteiger partial charge is 0.140 e. The standard InChI is InChI=1S/C10H6FNS/c11-10-6-8(7-12)3-4-9(10)2-1-5-13/h3-4,6,13H,5H2. The highest BCUT2D eigenvalue weighted by molar-refractivity contribution is 7.80. The van der Waals surface area contributed by atoms with Crippen LogP contribution in [0.15, 0.2) is 18.2 Å². The molecule has 0 amide bonds. The van der Waals surface area contributed by atoms with E-state index in [2.05, 4.69) is 24.5 Å². The van der Waals surface area contributed by atoms with Crippen molar-refractivity contribution in [3.05, 3.63) is 35.1 Å². The molecule has 0 aliphatic carbocycles. The zero-order chi connectivity index (χ0) is 9.68. The summed E-state index contributed by atoms with van der Waals surface area (Å²) in [6.45, 7) is 0. The van der Waals surface area contributed by atoms with Crippen LogP contribution in [0.25, 0.3) is 0 Å². The summed E-state index contributed by atoms with van der Waals surface area (Å²) >= 11 is 3.88. The third-order valence-corrected chi connectivity index (χ3v) is 1.56. The van der Waals surface area contributed by atoms with Gasteiger partial charge in [-0.2, -0.15) is 17.9 Å². The molecule has 0 heterocycles. The number of thiol groups is 1. The summed E-state index contributed by atoms with van der Waals surface area (Å²) in [6.07, 6.45) is 0. The third-order valence-electron chi connectivity index (χ3n) is 1.40. The zero-order valence-corrected chi connectivity index (χ0v) is 7.61. The molecule has 0 atom stereocenters. The predicted octanol–water partition coefficient (Wildman–Crippen LogP) is 1.98. The van der Waals surface area contributed by atoms with Gasteiger partial charge in [0.2, 0.25) is 0 Å². The number of halogens is 1. The molecule has 0 radical (unpaired) electrons. The summed E-state index contributed by atoms with van der Waals surface area (Å²) in [5.74, 6) is 5.16. The van der Waals surface area contributed by atoms with Crippen molar-refractivity contribution < 1.29 is 4.39 Å². The number of nitrogens with zero attached hydrogens (tertiary/aromatic N) is 1. The molecular formula is C10H6FNS. The second-order valence-electron chi connectivity index (χ2n) is 2.27. The molecule has 0 aromatic heterocycles. The van der Waals surface area contributed by atoms with Gasteiger partial charge in [-0.15, -0.1) is 0 Å². The van der Waals surface area contributed by atoms with Crippen LogP contribution in [0, 0.1) is 29.0 Å². The SMILES string of the molecule is N#Cc1ccc(C#CCS)c(F)c1. The molecular weight excluding hydrogens is 185 g/mol. The average Bonchev–Trinajstić information content (AvgIpc) is 2.16. The van der Waals surface area contributed by atoms with Crippen LogP contribution in [0.1, 0.15) is 11.1 Å². The Labute approximate surface area is 81.6 Å². The Kier molecular flexibility index (Phi) is 3.37. The van der Waals surface area contributed by atoms with Crippen LogP contribution in [0.4, 0.5) is 4.39 Å². The Morgan fingerprint density at radius 2 is 2.23 bits per heavy atom. The second kappa shape index (κ2) is 4.54. The van der Waals surface area contributed by atoms with Crippen LogP contribution in [0.5, 0.6) is 0 Å². The molecule has 1 aromatic carbocycles. The summed E-state index contributed by atoms with van der Waals surface area (Å²) in [4.78, 5) is 0. The van der Waals surface area contributed by atoms with Gasteiger partial charge >= 0.3 is 0 Å². The first kappa shape index (κ1) is 9.64. The third kappa shape index (κ3) is 2.50. The van der Waals surface area contributed by atoms with Crippen molar-refractivity contribution in [3.8, 4) is 17.9 Å². The molecule has 3 heteroatoms. The van der Waals surface area contributed by atoms with Gasteiger partial charge in [0.1, 0.15) is 5.82 Å². The summed E-state index contributed by atoms with van der Waals surface area (Å²) in [6, 6.07) is 6.04. The maximum absolute atomic E-state index is 13.1. The van der Waals surface area contributed by atoms with Gasteiger partial charge in [0, 0.05) is 0 Å². The fraction of sp³-hybridized carbons (Fsp3) is 0.100. The lowest BCUT2D eigenvalue weighted by Gasteiger charge is -1.93. The maximum Gasteiger partial charge on any atom is 0.140 e. The molecule has 64 valence electrons. The molecule has 0 fully saturated rings. The lowest BCUT2D eigenvalue weighted by molar-refractivity contribution is 0.624. The quantitative estimate of drug-likeness (QED) is 0.492. The molecule has 0 aliphatic heterocycles. The fourth-order valence-corrected chi connectivity index (χ4v) is 0.900. The van der Waals surface area contributed by atoms with Gasteiger partial charge < -0.3 is 0 Å². The first-order valence-electron chi connectivity index (χ1n) is 3.57. The number of benzene rings is 1. The number of hydrogen-bond donors (Lipinski definition) is 1. The van der Waals surface area contributed by atoms with Gasteiger partial charge in [-0.25, -0.2) is 4.39 Å². The van der Waals surface area contributed by atoms with Gasteiger partial charge in [-0.3, -0.25) is 0 Å². The lowest BCUT2D eigenvalue weighted by Crippen LogP contribution is -1.85. The first-order valence-corrected chi connectivity index (χ1v) is 4.20. The van der Waals surface area contributed by atoms with Crippen LogP contribution in [-0.2, 0) is 0 Å². The minimum absolute atomic E-state index is 0.299. The lowest BCUT2D eigenvalue weighted by atomic mass is 10.1. The number of rotatable bonds is 0. The van der Waals surface area contributed by atoms with Crippen LogP contribution in [0.2, 0.25) is 0 Å². The van der Waals surface area contributed by atoms with Crippen molar-refractivity contribution >= 4 is 12.6 Å². The van der Waals surface area contributed by atoms with E-state index in [0.717, 1.165) is 0 Å². The number of hydrogen-bond acceptors (Lipinski definition) is 2. The Balaban J connectivity index is 3.07. The van der Waals surface area contributed by atoms with E-state index < -0.39 is 5.82 Å². The van der Waals surface area contributed by atoms with E-state index in [1.54, 1.807) is 0 Å². The summed E-state index contributed by atoms with van der Waals surface area (Å²) in [7, 11) is 0. The largest absolute Gasteiger partial charge is 0.206 e. The van der Waals surface area contributed by atoms with Gasteiger partial charge in [0.25, 0.3) is 0 Å². The molecule has 0 spiro atoms. The van der Waals surface area contributed by atoms with Crippen LogP contribution < -0.4 is 0 Å². The summed E-state index contributed by atoms with van der Waals surface area (Å²) < 4.78 is 13.1. The maximum atomic E-state index is 13.1. The van der Waals surface area contributed by atoms with E-state index in [0.29, 0.717) is 16.9 Å². The highest BCUT2D eigenvalue weighted by Crippen LogP contribution is 2.08. The second-order valence-corrected chi connectivity index (χ2v) is 2.58. The predicted molar refractivity (Wildman–Crippen MR) is 51.8 cm³/mol. The molecule has 13 heavy (non-hydrogen) atoms. The zero-order valence-electron chi connectivity index (χ0n) is 6.71. The van der Waals surface area contributed by atoms with Gasteiger partial charge in [-0.1, -0.05) is 11.8 Å². The van der Waals surface area contributed by atoms with E-state index in [1.807, 2.05) is 6.07 Å². The molecule has 0 unspecified atom stereocenters. The van der Waals surface area contributed by atoms with Gasteiger partial charge in [0.15, 0.2) is 0 Å². The van der Waals surface area contributed by atoms with E-state index in [1.165, 1.54) is 18.2 Å².